The number of carboxylic acids is 1. The minimum atomic E-state index is -0.930. The maximum absolute atomic E-state index is 10.4. The highest BCUT2D eigenvalue weighted by atomic mass is 16.5. The molecule has 0 aliphatic rings. The molecule has 11 heavy (non-hydrogen) atoms. The lowest BCUT2D eigenvalue weighted by Crippen LogP contribution is -1.94. The molecule has 0 spiro atoms. The summed E-state index contributed by atoms with van der Waals surface area (Å²) in [6.45, 7) is 0. The van der Waals surface area contributed by atoms with Crippen LogP contribution < -0.4 is 0 Å². The van der Waals surface area contributed by atoms with Gasteiger partial charge in [-0.05, 0) is 19.2 Å². The molecule has 0 saturated heterocycles. The zero-order valence-electron chi connectivity index (χ0n) is 5.82. The normalized spacial score (nSPS) is 9.18. The maximum Gasteiger partial charge on any atom is 0.335 e. The smallest absolute Gasteiger partial charge is 0.335 e. The fourth-order valence-electron chi connectivity index (χ4n) is 0.709. The van der Waals surface area contributed by atoms with Gasteiger partial charge in [0.05, 0.1) is 5.56 Å². The van der Waals surface area contributed by atoms with Gasteiger partial charge in [0.25, 0.3) is 0 Å². The van der Waals surface area contributed by atoms with Crippen LogP contribution in [-0.4, -0.2) is 15.8 Å². The average Bonchev–Trinajstić information content (AvgIpc) is 2.05. The van der Waals surface area contributed by atoms with Crippen molar-refractivity contribution in [2.75, 3.05) is 0 Å². The van der Waals surface area contributed by atoms with Crippen molar-refractivity contribution in [1.29, 1.82) is 0 Å². The summed E-state index contributed by atoms with van der Waals surface area (Å²) in [6, 6.07) is 6.20. The highest BCUT2D eigenvalue weighted by Crippen LogP contribution is 2.12. The Morgan fingerprint density at radius 1 is 1.36 bits per heavy atom. The number of rotatable bonds is 2. The number of carboxylic acid groups (broad SMARTS) is 1. The number of benzene rings is 1. The van der Waals surface area contributed by atoms with Crippen LogP contribution in [0.3, 0.4) is 0 Å². The summed E-state index contributed by atoms with van der Waals surface area (Å²) in [6.07, 6.45) is 0. The van der Waals surface area contributed by atoms with Crippen LogP contribution in [0, 0.1) is 7.11 Å². The van der Waals surface area contributed by atoms with E-state index < -0.39 is 5.97 Å². The second kappa shape index (κ2) is 3.05. The zero-order valence-corrected chi connectivity index (χ0v) is 5.82. The second-order valence-corrected chi connectivity index (χ2v) is 2.01. The molecule has 0 aliphatic heterocycles. The Balaban J connectivity index is 2.91. The van der Waals surface area contributed by atoms with Gasteiger partial charge >= 0.3 is 5.97 Å². The van der Waals surface area contributed by atoms with Gasteiger partial charge in [-0.2, -0.15) is 0 Å². The van der Waals surface area contributed by atoms with E-state index in [2.05, 4.69) is 11.8 Å². The summed E-state index contributed by atoms with van der Waals surface area (Å²) in [5.41, 5.74) is 0.261. The average molecular weight is 152 g/mol. The molecule has 0 fully saturated rings. The predicted octanol–water partition coefficient (Wildman–Crippen LogP) is 1.42. The fourth-order valence-corrected chi connectivity index (χ4v) is 0.709. The van der Waals surface area contributed by atoms with Crippen LogP contribution in [0.25, 0.3) is 0 Å². The lowest BCUT2D eigenvalue weighted by atomic mass is 10.2. The standard InChI is InChI=1S/C8H8O3/c1-11-7-4-2-6(3-5-7)8(9)10/h2-5,11H,1H2,(H,9,10). The Kier molecular flexibility index (Phi) is 2.11. The van der Waals surface area contributed by atoms with Crippen LogP contribution in [0.4, 0.5) is 0 Å². The molecule has 0 aliphatic carbocycles. The number of aromatic hydroxyl groups is 1. The molecule has 3 heteroatoms. The fraction of sp³-hybridized carbons (Fsp3) is 0. The molecule has 2 N–H and O–H groups in total. The molecule has 0 heterocycles. The van der Waals surface area contributed by atoms with Gasteiger partial charge in [-0.3, -0.25) is 0 Å². The lowest BCUT2D eigenvalue weighted by molar-refractivity contribution is 0.0697. The maximum atomic E-state index is 10.4. The SMILES string of the molecule is [CH2-][OH+]c1ccc(C(=O)O)cc1. The van der Waals surface area contributed by atoms with E-state index >= 15 is 0 Å². The Hall–Kier alpha value is -1.51. The zero-order chi connectivity index (χ0) is 8.27. The van der Waals surface area contributed by atoms with E-state index in [1.54, 1.807) is 12.1 Å². The van der Waals surface area contributed by atoms with Gasteiger partial charge < -0.3 is 9.84 Å². The molecule has 0 amide bonds. The quantitative estimate of drug-likeness (QED) is 0.514. The summed E-state index contributed by atoms with van der Waals surface area (Å²) in [5.74, 6) is -0.254. The monoisotopic (exact) mass is 152 g/mol. The molecule has 0 aromatic heterocycles. The molecule has 0 bridgehead atoms. The lowest BCUT2D eigenvalue weighted by Gasteiger charge is -2.01. The van der Waals surface area contributed by atoms with E-state index in [1.807, 2.05) is 0 Å². The van der Waals surface area contributed by atoms with Crippen LogP contribution in [0.2, 0.25) is 0 Å². The van der Waals surface area contributed by atoms with E-state index in [-0.39, 0.29) is 5.56 Å². The first-order valence-electron chi connectivity index (χ1n) is 3.04. The number of ether oxygens (including phenoxy) is 1. The Morgan fingerprint density at radius 2 is 1.91 bits per heavy atom. The molecule has 0 atom stereocenters. The van der Waals surface area contributed by atoms with Gasteiger partial charge in [0.1, 0.15) is 0 Å². The van der Waals surface area contributed by atoms with Gasteiger partial charge in [-0.25, -0.2) is 4.79 Å². The third kappa shape index (κ3) is 1.70. The highest BCUT2D eigenvalue weighted by Gasteiger charge is 2.01. The van der Waals surface area contributed by atoms with Crippen molar-refractivity contribution in [3.8, 4) is 5.75 Å². The van der Waals surface area contributed by atoms with Crippen LogP contribution in [-0.2, 0) is 0 Å². The van der Waals surface area contributed by atoms with E-state index in [0.717, 1.165) is 0 Å². The van der Waals surface area contributed by atoms with Crippen LogP contribution in [0.5, 0.6) is 5.75 Å². The molecule has 3 nitrogen and oxygen atoms in total. The number of aliphatic hydroxyl groups is 1. The summed E-state index contributed by atoms with van der Waals surface area (Å²) >= 11 is 0. The number of hydrogen-bond acceptors (Lipinski definition) is 1. The minimum Gasteiger partial charge on any atom is -0.722 e. The van der Waals surface area contributed by atoms with Crippen molar-refractivity contribution in [2.24, 2.45) is 0 Å². The van der Waals surface area contributed by atoms with Crippen LogP contribution in [0.1, 0.15) is 10.4 Å². The second-order valence-electron chi connectivity index (χ2n) is 2.01. The Labute approximate surface area is 64.2 Å². The van der Waals surface area contributed by atoms with Crippen LogP contribution in [0.15, 0.2) is 24.3 Å². The first kappa shape index (κ1) is 7.60. The molecule has 0 saturated carbocycles. The van der Waals surface area contributed by atoms with E-state index in [1.165, 1.54) is 12.1 Å². The van der Waals surface area contributed by atoms with Crippen LogP contribution >= 0.6 is 0 Å². The van der Waals surface area contributed by atoms with Gasteiger partial charge in [0, 0.05) is 12.1 Å². The molecule has 1 aromatic carbocycles. The highest BCUT2D eigenvalue weighted by molar-refractivity contribution is 5.87. The topological polar surface area (TPSA) is 50.1 Å². The van der Waals surface area contributed by atoms with E-state index in [4.69, 9.17) is 5.11 Å². The van der Waals surface area contributed by atoms with Crippen molar-refractivity contribution >= 4 is 5.97 Å². The summed E-state index contributed by atoms with van der Waals surface area (Å²) in [4.78, 5) is 10.4. The van der Waals surface area contributed by atoms with E-state index in [9.17, 15) is 4.79 Å². The number of carbonyl (C=O) groups is 1. The molecule has 1 aromatic rings. The van der Waals surface area contributed by atoms with Crippen molar-refractivity contribution in [2.45, 2.75) is 0 Å². The van der Waals surface area contributed by atoms with Crippen molar-refractivity contribution in [3.05, 3.63) is 36.9 Å². The van der Waals surface area contributed by atoms with Gasteiger partial charge in [-0.1, -0.05) is 0 Å². The van der Waals surface area contributed by atoms with Crippen molar-refractivity contribution in [3.63, 3.8) is 0 Å². The molecule has 1 rings (SSSR count). The minimum absolute atomic E-state index is 0.261. The van der Waals surface area contributed by atoms with E-state index in [0.29, 0.717) is 5.75 Å². The molecule has 58 valence electrons. The third-order valence-electron chi connectivity index (χ3n) is 1.30. The predicted molar refractivity (Wildman–Crippen MR) is 40.4 cm³/mol. The van der Waals surface area contributed by atoms with Gasteiger partial charge in [0.15, 0.2) is 0 Å². The van der Waals surface area contributed by atoms with Gasteiger partial charge in [-0.15, -0.1) is 0 Å². The Morgan fingerprint density at radius 3 is 2.27 bits per heavy atom. The molecule has 0 radical (unpaired) electrons. The largest absolute Gasteiger partial charge is 0.722 e. The summed E-state index contributed by atoms with van der Waals surface area (Å²) in [5, 5.41) is 8.50. The molecular formula is C8H8O3. The Bertz CT molecular complexity index is 251. The first-order valence-corrected chi connectivity index (χ1v) is 3.04. The first-order chi connectivity index (χ1) is 5.24. The van der Waals surface area contributed by atoms with Gasteiger partial charge in [0.2, 0.25) is 5.75 Å². The summed E-state index contributed by atoms with van der Waals surface area (Å²) in [7, 11) is 3.31. The van der Waals surface area contributed by atoms with Crippen molar-refractivity contribution in [1.82, 2.24) is 0 Å². The molecule has 0 unspecified atom stereocenters. The number of hydrogen-bond donors (Lipinski definition) is 1. The summed E-state index contributed by atoms with van der Waals surface area (Å²) < 4.78 is 3.63. The third-order valence-corrected chi connectivity index (χ3v) is 1.30. The number of aromatic carboxylic acids is 1. The van der Waals surface area contributed by atoms with Crippen molar-refractivity contribution < 1.29 is 14.6 Å². The molecular weight excluding hydrogens is 144 g/mol.